The molecule has 5 atom stereocenters. The van der Waals surface area contributed by atoms with Crippen LogP contribution in [0.1, 0.15) is 23.1 Å². The molecule has 4 aromatic carbocycles. The van der Waals surface area contributed by atoms with Crippen LogP contribution < -0.4 is 10.6 Å². The molecule has 3 heterocycles. The van der Waals surface area contributed by atoms with Gasteiger partial charge in [0.2, 0.25) is 5.91 Å². The van der Waals surface area contributed by atoms with Crippen molar-refractivity contribution in [1.29, 1.82) is 0 Å². The number of hydrogen-bond donors (Lipinski definition) is 2. The first-order chi connectivity index (χ1) is 18.7. The highest BCUT2D eigenvalue weighted by molar-refractivity contribution is 5.89. The van der Waals surface area contributed by atoms with E-state index in [9.17, 15) is 4.79 Å². The number of carbonyl (C=O) groups excluding carboxylic acids is 1. The van der Waals surface area contributed by atoms with E-state index in [4.69, 9.17) is 0 Å². The third-order valence-corrected chi connectivity index (χ3v) is 9.45. The molecule has 1 aliphatic carbocycles. The molecule has 4 aliphatic rings. The molecule has 0 spiro atoms. The van der Waals surface area contributed by atoms with Gasteiger partial charge in [0.15, 0.2) is 0 Å². The van der Waals surface area contributed by atoms with Gasteiger partial charge in [-0.3, -0.25) is 9.69 Å². The van der Waals surface area contributed by atoms with Crippen molar-refractivity contribution < 1.29 is 4.79 Å². The summed E-state index contributed by atoms with van der Waals surface area (Å²) in [5.41, 5.74) is 3.32. The minimum absolute atomic E-state index is 0.162. The average Bonchev–Trinajstić information content (AvgIpc) is 3.23. The highest BCUT2D eigenvalue weighted by Gasteiger charge is 2.67. The molecule has 2 N–H and O–H groups in total. The second-order valence-electron chi connectivity index (χ2n) is 11.5. The number of amides is 1. The molecule has 4 fully saturated rings. The zero-order chi connectivity index (χ0) is 25.5. The van der Waals surface area contributed by atoms with Gasteiger partial charge in [-0.15, -0.1) is 0 Å². The van der Waals surface area contributed by atoms with Crippen molar-refractivity contribution in [3.63, 3.8) is 0 Å². The molecule has 1 saturated carbocycles. The van der Waals surface area contributed by atoms with Crippen molar-refractivity contribution >= 4 is 16.7 Å². The number of benzene rings is 4. The van der Waals surface area contributed by atoms with Gasteiger partial charge in [0, 0.05) is 31.6 Å². The first-order valence-electron chi connectivity index (χ1n) is 14.0. The maximum Gasteiger partial charge on any atom is 0.242 e. The molecular formula is C34H35N3O. The molecule has 0 radical (unpaired) electrons. The Morgan fingerprint density at radius 1 is 0.868 bits per heavy atom. The quantitative estimate of drug-likeness (QED) is 0.367. The number of likely N-dealkylation sites (tertiary alicyclic amines) is 1. The number of piperidine rings is 2. The Labute approximate surface area is 225 Å². The van der Waals surface area contributed by atoms with Crippen molar-refractivity contribution in [2.45, 2.75) is 37.5 Å². The van der Waals surface area contributed by atoms with E-state index in [0.29, 0.717) is 24.3 Å². The van der Waals surface area contributed by atoms with Crippen LogP contribution in [0.3, 0.4) is 0 Å². The fraction of sp³-hybridized carbons (Fsp3) is 0.324. The molecule has 1 amide bonds. The number of hydrogen-bond acceptors (Lipinski definition) is 3. The van der Waals surface area contributed by atoms with Crippen molar-refractivity contribution in [1.82, 2.24) is 15.5 Å². The summed E-state index contributed by atoms with van der Waals surface area (Å²) in [6.07, 6.45) is 2.14. The summed E-state index contributed by atoms with van der Waals surface area (Å²) in [5, 5.41) is 9.80. The summed E-state index contributed by atoms with van der Waals surface area (Å²) < 4.78 is 0. The molecule has 4 aromatic rings. The van der Waals surface area contributed by atoms with Crippen LogP contribution in [-0.2, 0) is 24.3 Å². The number of rotatable bonds is 7. The monoisotopic (exact) mass is 501 g/mol. The minimum atomic E-state index is -0.548. The van der Waals surface area contributed by atoms with Gasteiger partial charge < -0.3 is 10.6 Å². The second-order valence-corrected chi connectivity index (χ2v) is 11.5. The maximum absolute atomic E-state index is 14.2. The Hall–Kier alpha value is -3.47. The summed E-state index contributed by atoms with van der Waals surface area (Å²) in [6, 6.07) is 36.6. The molecule has 4 bridgehead atoms. The van der Waals surface area contributed by atoms with Crippen LogP contribution in [0.2, 0.25) is 0 Å². The van der Waals surface area contributed by atoms with Gasteiger partial charge in [0.25, 0.3) is 0 Å². The summed E-state index contributed by atoms with van der Waals surface area (Å²) >= 11 is 0. The Kier molecular flexibility index (Phi) is 6.02. The number of carbonyl (C=O) groups is 1. The van der Waals surface area contributed by atoms with E-state index >= 15 is 0 Å². The van der Waals surface area contributed by atoms with Crippen LogP contribution in [0, 0.1) is 17.8 Å². The Bertz CT molecular complexity index is 1430. The van der Waals surface area contributed by atoms with Crippen molar-refractivity contribution in [2.75, 3.05) is 13.1 Å². The van der Waals surface area contributed by atoms with E-state index in [1.165, 1.54) is 21.9 Å². The maximum atomic E-state index is 14.2. The van der Waals surface area contributed by atoms with Crippen molar-refractivity contribution in [3.8, 4) is 0 Å². The SMILES string of the molecule is O=C(NCc1ccccc1)[C@]12NC[C@@H]3C[C@H]1CN(Cc1cccc4ccccc14)[C@H]2[C@@H]3Cc1ccccc1. The second kappa shape index (κ2) is 9.68. The van der Waals surface area contributed by atoms with E-state index in [0.717, 1.165) is 38.0 Å². The standard InChI is InChI=1S/C34H35N3O/c38-33(35-20-25-12-5-2-6-13-25)34-29-19-28(21-36-34)31(18-24-10-3-1-4-11-24)32(34)37(23-29)22-27-16-9-15-26-14-7-8-17-30(26)27/h1-17,28-29,31-32,36H,18-23H2,(H,35,38)/t28-,29-,31+,32-,34-/m0/s1. The Balaban J connectivity index is 1.24. The summed E-state index contributed by atoms with van der Waals surface area (Å²) in [6.45, 7) is 3.32. The summed E-state index contributed by atoms with van der Waals surface area (Å²) in [4.78, 5) is 16.9. The van der Waals surface area contributed by atoms with Crippen LogP contribution >= 0.6 is 0 Å². The highest BCUT2D eigenvalue weighted by atomic mass is 16.2. The van der Waals surface area contributed by atoms with Gasteiger partial charge in [-0.1, -0.05) is 103 Å². The number of nitrogens with zero attached hydrogens (tertiary/aromatic N) is 1. The highest BCUT2D eigenvalue weighted by Crippen LogP contribution is 2.53. The summed E-state index contributed by atoms with van der Waals surface area (Å²) in [7, 11) is 0. The third kappa shape index (κ3) is 3.95. The first kappa shape index (κ1) is 23.6. The van der Waals surface area contributed by atoms with Gasteiger partial charge in [-0.2, -0.15) is 0 Å². The lowest BCUT2D eigenvalue weighted by molar-refractivity contribution is -0.138. The van der Waals surface area contributed by atoms with Gasteiger partial charge >= 0.3 is 0 Å². The molecule has 38 heavy (non-hydrogen) atoms. The molecule has 4 heteroatoms. The fourth-order valence-corrected chi connectivity index (χ4v) is 7.82. The molecule has 8 rings (SSSR count). The van der Waals surface area contributed by atoms with E-state index in [-0.39, 0.29) is 11.9 Å². The van der Waals surface area contributed by atoms with E-state index in [1.54, 1.807) is 0 Å². The smallest absolute Gasteiger partial charge is 0.242 e. The lowest BCUT2D eigenvalue weighted by atomic mass is 9.58. The van der Waals surface area contributed by atoms with Crippen LogP contribution in [0.5, 0.6) is 0 Å². The molecule has 0 aromatic heterocycles. The van der Waals surface area contributed by atoms with Crippen LogP contribution in [0.25, 0.3) is 10.8 Å². The normalized spacial score (nSPS) is 28.0. The lowest BCUT2D eigenvalue weighted by Crippen LogP contribution is -2.76. The zero-order valence-electron chi connectivity index (χ0n) is 21.7. The number of fused-ring (bicyclic) bond motifs is 2. The Morgan fingerprint density at radius 2 is 1.58 bits per heavy atom. The van der Waals surface area contributed by atoms with Crippen LogP contribution in [0.4, 0.5) is 0 Å². The molecule has 3 aliphatic heterocycles. The summed E-state index contributed by atoms with van der Waals surface area (Å²) in [5.74, 6) is 1.53. The van der Waals surface area contributed by atoms with Gasteiger partial charge in [0.05, 0.1) is 0 Å². The minimum Gasteiger partial charge on any atom is -0.350 e. The van der Waals surface area contributed by atoms with Crippen LogP contribution in [0.15, 0.2) is 103 Å². The first-order valence-corrected chi connectivity index (χ1v) is 14.0. The van der Waals surface area contributed by atoms with E-state index in [1.807, 2.05) is 18.2 Å². The van der Waals surface area contributed by atoms with E-state index < -0.39 is 5.54 Å². The Morgan fingerprint density at radius 3 is 2.39 bits per heavy atom. The predicted octanol–water partition coefficient (Wildman–Crippen LogP) is 5.18. The zero-order valence-corrected chi connectivity index (χ0v) is 21.7. The molecule has 192 valence electrons. The van der Waals surface area contributed by atoms with Gasteiger partial charge in [0.1, 0.15) is 5.54 Å². The van der Waals surface area contributed by atoms with Crippen molar-refractivity contribution in [2.24, 2.45) is 17.8 Å². The largest absolute Gasteiger partial charge is 0.350 e. The third-order valence-electron chi connectivity index (χ3n) is 9.45. The fourth-order valence-electron chi connectivity index (χ4n) is 7.82. The van der Waals surface area contributed by atoms with Crippen LogP contribution in [-0.4, -0.2) is 35.5 Å². The molecule has 3 saturated heterocycles. The van der Waals surface area contributed by atoms with Crippen molar-refractivity contribution in [3.05, 3.63) is 120 Å². The predicted molar refractivity (Wildman–Crippen MR) is 152 cm³/mol. The lowest BCUT2D eigenvalue weighted by Gasteiger charge is -2.56. The topological polar surface area (TPSA) is 44.4 Å². The van der Waals surface area contributed by atoms with Gasteiger partial charge in [-0.05, 0) is 58.7 Å². The number of nitrogens with one attached hydrogen (secondary N) is 2. The molecule has 0 unspecified atom stereocenters. The van der Waals surface area contributed by atoms with Gasteiger partial charge in [-0.25, -0.2) is 0 Å². The molecule has 4 nitrogen and oxygen atoms in total. The average molecular weight is 502 g/mol. The van der Waals surface area contributed by atoms with E-state index in [2.05, 4.69) is 100 Å². The molecular weight excluding hydrogens is 466 g/mol.